The lowest BCUT2D eigenvalue weighted by Crippen LogP contribution is -2.45. The molecule has 1 rings (SSSR count). The second kappa shape index (κ2) is 3.38. The van der Waals surface area contributed by atoms with Gasteiger partial charge in [0.25, 0.3) is 0 Å². The van der Waals surface area contributed by atoms with Gasteiger partial charge in [-0.15, -0.1) is 5.10 Å². The fourth-order valence-electron chi connectivity index (χ4n) is 0.750. The Morgan fingerprint density at radius 1 is 1.62 bits per heavy atom. The van der Waals surface area contributed by atoms with Gasteiger partial charge in [0.15, 0.2) is 0 Å². The summed E-state index contributed by atoms with van der Waals surface area (Å²) in [6.07, 6.45) is 1.56. The van der Waals surface area contributed by atoms with E-state index in [2.05, 4.69) is 15.5 Å². The molecule has 0 fully saturated rings. The maximum atomic E-state index is 10.9. The smallest absolute Gasteiger partial charge is 0.242 e. The van der Waals surface area contributed by atoms with Crippen LogP contribution in [0, 0.1) is 0 Å². The number of nitrogens with two attached hydrogens (primary N) is 1. The average molecular weight is 180 g/mol. The van der Waals surface area contributed by atoms with E-state index in [4.69, 9.17) is 5.73 Å². The molecule has 0 aliphatic rings. The summed E-state index contributed by atoms with van der Waals surface area (Å²) in [7, 11) is 0. The molecule has 0 spiro atoms. The maximum Gasteiger partial charge on any atom is 0.242 e. The third-order valence-corrected chi connectivity index (χ3v) is 1.63. The van der Waals surface area contributed by atoms with Gasteiger partial charge >= 0.3 is 0 Å². The predicted octanol–water partition coefficient (Wildman–Crippen LogP) is 0.152. The number of primary amides is 1. The van der Waals surface area contributed by atoms with Crippen LogP contribution in [0.15, 0.2) is 18.3 Å². The van der Waals surface area contributed by atoms with Crippen LogP contribution in [0.5, 0.6) is 0 Å². The first-order valence-electron chi connectivity index (χ1n) is 3.88. The Hall–Kier alpha value is -1.65. The minimum atomic E-state index is -0.809. The first kappa shape index (κ1) is 9.44. The van der Waals surface area contributed by atoms with Gasteiger partial charge in [0.1, 0.15) is 11.4 Å². The van der Waals surface area contributed by atoms with Crippen molar-refractivity contribution in [1.82, 2.24) is 10.2 Å². The summed E-state index contributed by atoms with van der Waals surface area (Å²) < 4.78 is 0. The Balaban J connectivity index is 2.75. The number of rotatable bonds is 3. The Labute approximate surface area is 76.4 Å². The van der Waals surface area contributed by atoms with Crippen molar-refractivity contribution in [2.45, 2.75) is 19.4 Å². The molecule has 0 aromatic carbocycles. The van der Waals surface area contributed by atoms with E-state index in [1.54, 1.807) is 32.2 Å². The molecule has 1 aromatic rings. The quantitative estimate of drug-likeness (QED) is 0.694. The Morgan fingerprint density at radius 2 is 2.31 bits per heavy atom. The highest BCUT2D eigenvalue weighted by molar-refractivity contribution is 5.86. The molecule has 5 nitrogen and oxygen atoms in total. The lowest BCUT2D eigenvalue weighted by atomic mass is 10.1. The van der Waals surface area contributed by atoms with E-state index in [9.17, 15) is 4.79 Å². The van der Waals surface area contributed by atoms with Crippen LogP contribution in [0.25, 0.3) is 0 Å². The maximum absolute atomic E-state index is 10.9. The van der Waals surface area contributed by atoms with E-state index in [1.807, 2.05) is 0 Å². The number of hydrogen-bond acceptors (Lipinski definition) is 4. The Kier molecular flexibility index (Phi) is 2.46. The molecule has 1 aromatic heterocycles. The molecule has 5 heteroatoms. The van der Waals surface area contributed by atoms with Crippen molar-refractivity contribution in [2.24, 2.45) is 5.73 Å². The number of nitrogens with one attached hydrogen (secondary N) is 1. The summed E-state index contributed by atoms with van der Waals surface area (Å²) in [4.78, 5) is 10.9. The summed E-state index contributed by atoms with van der Waals surface area (Å²) in [5.41, 5.74) is 4.36. The van der Waals surface area contributed by atoms with Gasteiger partial charge in [-0.05, 0) is 26.0 Å². The van der Waals surface area contributed by atoms with Crippen LogP contribution in [-0.2, 0) is 4.79 Å². The van der Waals surface area contributed by atoms with E-state index >= 15 is 0 Å². The highest BCUT2D eigenvalue weighted by atomic mass is 16.1. The zero-order valence-electron chi connectivity index (χ0n) is 7.61. The number of anilines is 1. The van der Waals surface area contributed by atoms with Crippen molar-refractivity contribution in [3.63, 3.8) is 0 Å². The minimum absolute atomic E-state index is 0.432. The van der Waals surface area contributed by atoms with Crippen molar-refractivity contribution in [2.75, 3.05) is 5.32 Å². The molecule has 70 valence electrons. The normalized spacial score (nSPS) is 10.9. The van der Waals surface area contributed by atoms with Crippen LogP contribution in [0.1, 0.15) is 13.8 Å². The standard InChI is InChI=1S/C8H12N4O/c1-8(2,7(9)13)11-6-4-3-5-10-12-6/h3-5H,1-2H3,(H2,9,13)(H,11,12). The van der Waals surface area contributed by atoms with Gasteiger partial charge in [-0.25, -0.2) is 0 Å². The van der Waals surface area contributed by atoms with E-state index in [1.165, 1.54) is 0 Å². The van der Waals surface area contributed by atoms with Crippen molar-refractivity contribution >= 4 is 11.7 Å². The van der Waals surface area contributed by atoms with E-state index in [-0.39, 0.29) is 0 Å². The van der Waals surface area contributed by atoms with Crippen LogP contribution >= 0.6 is 0 Å². The molecule has 0 atom stereocenters. The van der Waals surface area contributed by atoms with E-state index < -0.39 is 11.4 Å². The predicted molar refractivity (Wildman–Crippen MR) is 48.9 cm³/mol. The van der Waals surface area contributed by atoms with Gasteiger partial charge in [-0.3, -0.25) is 4.79 Å². The monoisotopic (exact) mass is 180 g/mol. The van der Waals surface area contributed by atoms with Crippen LogP contribution in [0.2, 0.25) is 0 Å². The van der Waals surface area contributed by atoms with Gasteiger partial charge in [0.05, 0.1) is 0 Å². The largest absolute Gasteiger partial charge is 0.368 e. The molecule has 3 N–H and O–H groups in total. The Morgan fingerprint density at radius 3 is 2.77 bits per heavy atom. The number of amides is 1. The summed E-state index contributed by atoms with van der Waals surface area (Å²) in [6.45, 7) is 3.37. The first-order chi connectivity index (χ1) is 6.02. The van der Waals surface area contributed by atoms with Crippen molar-refractivity contribution < 1.29 is 4.79 Å². The fraction of sp³-hybridized carbons (Fsp3) is 0.375. The molecule has 0 aliphatic carbocycles. The molecule has 0 unspecified atom stereocenters. The molecular formula is C8H12N4O. The summed E-state index contributed by atoms with van der Waals surface area (Å²) in [6, 6.07) is 3.45. The number of carbonyl (C=O) groups excluding carboxylic acids is 1. The second-order valence-electron chi connectivity index (χ2n) is 3.22. The zero-order chi connectivity index (χ0) is 9.90. The SMILES string of the molecule is CC(C)(Nc1cccnn1)C(N)=O. The van der Waals surface area contributed by atoms with Crippen molar-refractivity contribution in [3.8, 4) is 0 Å². The van der Waals surface area contributed by atoms with Crippen LogP contribution < -0.4 is 11.1 Å². The number of carbonyl (C=O) groups is 1. The molecule has 0 bridgehead atoms. The molecule has 1 heterocycles. The topological polar surface area (TPSA) is 80.9 Å². The van der Waals surface area contributed by atoms with Crippen LogP contribution in [0.4, 0.5) is 5.82 Å². The van der Waals surface area contributed by atoms with Gasteiger partial charge < -0.3 is 11.1 Å². The second-order valence-corrected chi connectivity index (χ2v) is 3.22. The third-order valence-electron chi connectivity index (χ3n) is 1.63. The average Bonchev–Trinajstić information content (AvgIpc) is 2.05. The first-order valence-corrected chi connectivity index (χ1v) is 3.88. The lowest BCUT2D eigenvalue weighted by Gasteiger charge is -2.22. The minimum Gasteiger partial charge on any atom is -0.368 e. The van der Waals surface area contributed by atoms with Gasteiger partial charge in [-0.2, -0.15) is 5.10 Å². The number of nitrogens with zero attached hydrogens (tertiary/aromatic N) is 2. The summed E-state index contributed by atoms with van der Waals surface area (Å²) in [5, 5.41) is 10.3. The lowest BCUT2D eigenvalue weighted by molar-refractivity contribution is -0.121. The summed E-state index contributed by atoms with van der Waals surface area (Å²) >= 11 is 0. The van der Waals surface area contributed by atoms with E-state index in [0.29, 0.717) is 5.82 Å². The number of aromatic nitrogens is 2. The Bertz CT molecular complexity index is 296. The van der Waals surface area contributed by atoms with Crippen molar-refractivity contribution in [1.29, 1.82) is 0 Å². The van der Waals surface area contributed by atoms with Gasteiger partial charge in [0.2, 0.25) is 5.91 Å². The summed E-state index contributed by atoms with van der Waals surface area (Å²) in [5.74, 6) is 0.101. The third kappa shape index (κ3) is 2.40. The number of hydrogen-bond donors (Lipinski definition) is 2. The fourth-order valence-corrected chi connectivity index (χ4v) is 0.750. The van der Waals surface area contributed by atoms with Crippen LogP contribution in [-0.4, -0.2) is 21.6 Å². The highest BCUT2D eigenvalue weighted by Gasteiger charge is 2.24. The zero-order valence-corrected chi connectivity index (χ0v) is 7.61. The van der Waals surface area contributed by atoms with Gasteiger partial charge in [-0.1, -0.05) is 0 Å². The van der Waals surface area contributed by atoms with E-state index in [0.717, 1.165) is 0 Å². The highest BCUT2D eigenvalue weighted by Crippen LogP contribution is 2.10. The molecule has 1 amide bonds. The molecule has 0 aliphatic heterocycles. The molecule has 13 heavy (non-hydrogen) atoms. The molecule has 0 saturated carbocycles. The molecule has 0 saturated heterocycles. The van der Waals surface area contributed by atoms with Crippen LogP contribution in [0.3, 0.4) is 0 Å². The van der Waals surface area contributed by atoms with Crippen molar-refractivity contribution in [3.05, 3.63) is 18.3 Å². The van der Waals surface area contributed by atoms with Gasteiger partial charge in [0, 0.05) is 6.20 Å². The molecule has 0 radical (unpaired) electrons. The molecular weight excluding hydrogens is 168 g/mol.